The van der Waals surface area contributed by atoms with Gasteiger partial charge in [0.25, 0.3) is 5.56 Å². The van der Waals surface area contributed by atoms with Gasteiger partial charge in [-0.25, -0.2) is 0 Å². The highest BCUT2D eigenvalue weighted by atomic mass is 16.2. The van der Waals surface area contributed by atoms with Gasteiger partial charge in [-0.05, 0) is 31.7 Å². The Balaban J connectivity index is 2.09. The fourth-order valence-corrected chi connectivity index (χ4v) is 2.67. The molecule has 0 radical (unpaired) electrons. The van der Waals surface area contributed by atoms with Crippen LogP contribution in [0.4, 0.5) is 0 Å². The molecule has 1 N–H and O–H groups in total. The van der Waals surface area contributed by atoms with Crippen LogP contribution in [0.5, 0.6) is 0 Å². The van der Waals surface area contributed by atoms with Crippen LogP contribution in [0.1, 0.15) is 54.6 Å². The second-order valence-corrected chi connectivity index (χ2v) is 5.10. The van der Waals surface area contributed by atoms with E-state index < -0.39 is 0 Å². The van der Waals surface area contributed by atoms with E-state index in [4.69, 9.17) is 5.11 Å². The Labute approximate surface area is 113 Å². The highest BCUT2D eigenvalue weighted by molar-refractivity contribution is 5.97. The summed E-state index contributed by atoms with van der Waals surface area (Å²) in [5, 5.41) is 8.72. The number of carbonyl (C=O) groups is 1. The van der Waals surface area contributed by atoms with Gasteiger partial charge in [0.15, 0.2) is 5.78 Å². The molecule has 2 rings (SSSR count). The number of aliphatic hydroxyl groups excluding tert-OH is 1. The van der Waals surface area contributed by atoms with Crippen molar-refractivity contribution in [3.63, 3.8) is 0 Å². The molecule has 1 heterocycles. The van der Waals surface area contributed by atoms with Gasteiger partial charge in [-0.2, -0.15) is 0 Å². The van der Waals surface area contributed by atoms with Crippen molar-refractivity contribution in [1.29, 1.82) is 0 Å². The molecule has 1 aliphatic rings. The lowest BCUT2D eigenvalue weighted by Gasteiger charge is -2.19. The molecule has 0 amide bonds. The van der Waals surface area contributed by atoms with Crippen molar-refractivity contribution >= 4 is 5.78 Å². The molecule has 1 aliphatic carbocycles. The second kappa shape index (κ2) is 6.66. The number of aliphatic hydroxyl groups is 1. The lowest BCUT2D eigenvalue weighted by Crippen LogP contribution is -2.28. The van der Waals surface area contributed by atoms with E-state index in [0.29, 0.717) is 13.0 Å². The monoisotopic (exact) mass is 263 g/mol. The summed E-state index contributed by atoms with van der Waals surface area (Å²) in [5.74, 6) is 0.162. The van der Waals surface area contributed by atoms with Crippen molar-refractivity contribution in [3.05, 3.63) is 33.7 Å². The highest BCUT2D eigenvalue weighted by Gasteiger charge is 2.20. The zero-order valence-electron chi connectivity index (χ0n) is 11.2. The van der Waals surface area contributed by atoms with Gasteiger partial charge in [0.1, 0.15) is 0 Å². The van der Waals surface area contributed by atoms with E-state index in [1.165, 1.54) is 6.07 Å². The number of carbonyl (C=O) groups excluding carboxylic acids is 1. The molecular weight excluding hydrogens is 242 g/mol. The van der Waals surface area contributed by atoms with Gasteiger partial charge in [0, 0.05) is 36.9 Å². The third-order valence-electron chi connectivity index (χ3n) is 3.70. The number of pyridine rings is 1. The van der Waals surface area contributed by atoms with Gasteiger partial charge < -0.3 is 9.67 Å². The minimum Gasteiger partial charge on any atom is -0.396 e. The van der Waals surface area contributed by atoms with E-state index in [-0.39, 0.29) is 17.9 Å². The molecule has 0 fully saturated rings. The average Bonchev–Trinajstić information content (AvgIpc) is 2.41. The Hall–Kier alpha value is -1.42. The summed E-state index contributed by atoms with van der Waals surface area (Å²) >= 11 is 0. The molecule has 1 aromatic rings. The van der Waals surface area contributed by atoms with Crippen molar-refractivity contribution in [2.75, 3.05) is 6.61 Å². The van der Waals surface area contributed by atoms with Crippen LogP contribution >= 0.6 is 0 Å². The maximum Gasteiger partial charge on any atom is 0.250 e. The first-order valence-corrected chi connectivity index (χ1v) is 7.11. The van der Waals surface area contributed by atoms with E-state index in [1.807, 2.05) is 0 Å². The number of rotatable bonds is 6. The Morgan fingerprint density at radius 2 is 1.84 bits per heavy atom. The Bertz CT molecular complexity index is 505. The lowest BCUT2D eigenvalue weighted by molar-refractivity contribution is 0.0970. The number of hydrogen-bond donors (Lipinski definition) is 1. The largest absolute Gasteiger partial charge is 0.396 e. The number of fused-ring (bicyclic) bond motifs is 1. The Morgan fingerprint density at radius 1 is 1.05 bits per heavy atom. The molecule has 4 heteroatoms. The summed E-state index contributed by atoms with van der Waals surface area (Å²) in [7, 11) is 0. The van der Waals surface area contributed by atoms with Gasteiger partial charge in [0.2, 0.25) is 0 Å². The first-order chi connectivity index (χ1) is 9.24. The predicted octanol–water partition coefficient (Wildman–Crippen LogP) is 1.92. The van der Waals surface area contributed by atoms with Gasteiger partial charge in [-0.3, -0.25) is 9.59 Å². The predicted molar refractivity (Wildman–Crippen MR) is 73.5 cm³/mol. The Morgan fingerprint density at radius 3 is 2.63 bits per heavy atom. The van der Waals surface area contributed by atoms with Crippen LogP contribution in [0.2, 0.25) is 0 Å². The molecule has 19 heavy (non-hydrogen) atoms. The maximum atomic E-state index is 11.9. The van der Waals surface area contributed by atoms with E-state index >= 15 is 0 Å². The van der Waals surface area contributed by atoms with Gasteiger partial charge >= 0.3 is 0 Å². The van der Waals surface area contributed by atoms with Crippen molar-refractivity contribution in [1.82, 2.24) is 4.57 Å². The van der Waals surface area contributed by atoms with Gasteiger partial charge in [-0.1, -0.05) is 12.8 Å². The summed E-state index contributed by atoms with van der Waals surface area (Å²) in [4.78, 5) is 23.8. The number of unbranched alkanes of at least 4 members (excludes halogenated alkanes) is 3. The first kappa shape index (κ1) is 14.0. The zero-order valence-corrected chi connectivity index (χ0v) is 11.2. The fraction of sp³-hybridized carbons (Fsp3) is 0.600. The SMILES string of the molecule is O=C1CCCc2c1ccc(=O)n2CCCCCCO. The molecule has 0 aliphatic heterocycles. The van der Waals surface area contributed by atoms with Crippen molar-refractivity contribution in [3.8, 4) is 0 Å². The van der Waals surface area contributed by atoms with Crippen molar-refractivity contribution in [2.45, 2.75) is 51.5 Å². The van der Waals surface area contributed by atoms with Crippen LogP contribution < -0.4 is 5.56 Å². The summed E-state index contributed by atoms with van der Waals surface area (Å²) < 4.78 is 1.77. The van der Waals surface area contributed by atoms with E-state index in [2.05, 4.69) is 0 Å². The standard InChI is InChI=1S/C15H21NO3/c17-11-4-2-1-3-10-16-13-6-5-7-14(18)12(13)8-9-15(16)19/h8-9,17H,1-7,10-11H2. The van der Waals surface area contributed by atoms with E-state index in [1.54, 1.807) is 10.6 Å². The molecule has 0 bridgehead atoms. The molecule has 0 atom stereocenters. The summed E-state index contributed by atoms with van der Waals surface area (Å²) in [6.45, 7) is 0.913. The molecule has 0 spiro atoms. The summed E-state index contributed by atoms with van der Waals surface area (Å²) in [6.07, 6.45) is 6.00. The average molecular weight is 263 g/mol. The first-order valence-electron chi connectivity index (χ1n) is 7.11. The van der Waals surface area contributed by atoms with Crippen LogP contribution in [0.15, 0.2) is 16.9 Å². The fourth-order valence-electron chi connectivity index (χ4n) is 2.67. The third kappa shape index (κ3) is 3.32. The molecule has 4 nitrogen and oxygen atoms in total. The van der Waals surface area contributed by atoms with Crippen molar-refractivity contribution in [2.24, 2.45) is 0 Å². The topological polar surface area (TPSA) is 59.3 Å². The lowest BCUT2D eigenvalue weighted by atomic mass is 9.94. The van der Waals surface area contributed by atoms with Crippen LogP contribution in [-0.4, -0.2) is 22.1 Å². The van der Waals surface area contributed by atoms with Gasteiger partial charge in [0.05, 0.1) is 0 Å². The molecular formula is C15H21NO3. The number of hydrogen-bond acceptors (Lipinski definition) is 3. The number of ketones is 1. The van der Waals surface area contributed by atoms with Crippen molar-refractivity contribution < 1.29 is 9.90 Å². The van der Waals surface area contributed by atoms with E-state index in [0.717, 1.165) is 49.8 Å². The molecule has 104 valence electrons. The van der Waals surface area contributed by atoms with Gasteiger partial charge in [-0.15, -0.1) is 0 Å². The zero-order chi connectivity index (χ0) is 13.7. The van der Waals surface area contributed by atoms with Crippen LogP contribution in [0, 0.1) is 0 Å². The van der Waals surface area contributed by atoms with E-state index in [9.17, 15) is 9.59 Å². The van der Waals surface area contributed by atoms with Crippen LogP contribution in [-0.2, 0) is 13.0 Å². The molecule has 0 unspecified atom stereocenters. The smallest absolute Gasteiger partial charge is 0.250 e. The van der Waals surface area contributed by atoms with Crippen LogP contribution in [0.3, 0.4) is 0 Å². The third-order valence-corrected chi connectivity index (χ3v) is 3.70. The quantitative estimate of drug-likeness (QED) is 0.798. The number of Topliss-reactive ketones (excluding diaryl/α,β-unsaturated/α-hetero) is 1. The molecule has 0 saturated carbocycles. The summed E-state index contributed by atoms with van der Waals surface area (Å²) in [6, 6.07) is 3.19. The molecule has 0 aromatic carbocycles. The summed E-state index contributed by atoms with van der Waals surface area (Å²) in [5.41, 5.74) is 1.66. The number of nitrogens with zero attached hydrogens (tertiary/aromatic N) is 1. The molecule has 1 aromatic heterocycles. The normalized spacial score (nSPS) is 14.5. The second-order valence-electron chi connectivity index (χ2n) is 5.10. The highest BCUT2D eigenvalue weighted by Crippen LogP contribution is 2.20. The minimum atomic E-state index is -0.00407. The molecule has 0 saturated heterocycles. The van der Waals surface area contributed by atoms with Crippen LogP contribution in [0.25, 0.3) is 0 Å². The Kier molecular flexibility index (Phi) is 4.91. The maximum absolute atomic E-state index is 11.9. The number of aromatic nitrogens is 1. The minimum absolute atomic E-state index is 0.00407.